The molecule has 0 bridgehead atoms. The summed E-state index contributed by atoms with van der Waals surface area (Å²) in [5.74, 6) is 2.01. The Morgan fingerprint density at radius 2 is 2.04 bits per heavy atom. The fourth-order valence-electron chi connectivity index (χ4n) is 4.42. The molecule has 1 aromatic rings. The quantitative estimate of drug-likeness (QED) is 0.774. The zero-order valence-electron chi connectivity index (χ0n) is 14.0. The third kappa shape index (κ3) is 4.29. The van der Waals surface area contributed by atoms with E-state index in [1.54, 1.807) is 6.07 Å². The molecule has 2 aliphatic heterocycles. The van der Waals surface area contributed by atoms with Gasteiger partial charge in [-0.1, -0.05) is 12.1 Å². The Morgan fingerprint density at radius 3 is 2.72 bits per heavy atom. The van der Waals surface area contributed by atoms with Gasteiger partial charge < -0.3 is 14.4 Å². The fraction of sp³-hybridized carbons (Fsp3) is 0.632. The molecule has 137 valence electrons. The summed E-state index contributed by atoms with van der Waals surface area (Å²) in [6, 6.07) is 6.21. The SMILES string of the molecule is FC(F)(F)Oc1cccc([CH]CC2C3CN(CC4CCCO4)CC23)c1. The van der Waals surface area contributed by atoms with Crippen LogP contribution in [0.4, 0.5) is 13.2 Å². The van der Waals surface area contributed by atoms with E-state index in [2.05, 4.69) is 9.64 Å². The number of piperidine rings is 1. The predicted octanol–water partition coefficient (Wildman–Crippen LogP) is 3.88. The van der Waals surface area contributed by atoms with Gasteiger partial charge in [-0.25, -0.2) is 0 Å². The topological polar surface area (TPSA) is 21.7 Å². The molecule has 3 fully saturated rings. The van der Waals surface area contributed by atoms with Crippen LogP contribution in [-0.2, 0) is 4.74 Å². The number of hydrogen-bond acceptors (Lipinski definition) is 3. The zero-order chi connectivity index (χ0) is 17.4. The second-order valence-corrected chi connectivity index (χ2v) is 7.41. The van der Waals surface area contributed by atoms with Gasteiger partial charge >= 0.3 is 6.36 Å². The Kier molecular flexibility index (Phi) is 4.67. The Morgan fingerprint density at radius 1 is 1.24 bits per heavy atom. The van der Waals surface area contributed by atoms with E-state index < -0.39 is 6.36 Å². The minimum atomic E-state index is -4.64. The number of nitrogens with zero attached hydrogens (tertiary/aromatic N) is 1. The molecule has 3 aliphatic rings. The highest BCUT2D eigenvalue weighted by atomic mass is 19.4. The predicted molar refractivity (Wildman–Crippen MR) is 87.0 cm³/mol. The molecule has 1 radical (unpaired) electrons. The first-order chi connectivity index (χ1) is 12.0. The van der Waals surface area contributed by atoms with Gasteiger partial charge in [-0.3, -0.25) is 0 Å². The molecule has 4 rings (SSSR count). The van der Waals surface area contributed by atoms with Crippen LogP contribution >= 0.6 is 0 Å². The van der Waals surface area contributed by atoms with Crippen LogP contribution in [0.15, 0.2) is 24.3 Å². The lowest BCUT2D eigenvalue weighted by atomic mass is 10.0. The first-order valence-electron chi connectivity index (χ1n) is 9.01. The van der Waals surface area contributed by atoms with E-state index in [1.165, 1.54) is 25.0 Å². The average Bonchev–Trinajstić information content (AvgIpc) is 2.94. The second-order valence-electron chi connectivity index (χ2n) is 7.41. The number of fused-ring (bicyclic) bond motifs is 1. The van der Waals surface area contributed by atoms with Crippen molar-refractivity contribution in [1.82, 2.24) is 4.90 Å². The number of benzene rings is 1. The molecule has 3 atom stereocenters. The summed E-state index contributed by atoms with van der Waals surface area (Å²) in [7, 11) is 0. The van der Waals surface area contributed by atoms with Crippen molar-refractivity contribution in [3.63, 3.8) is 0 Å². The lowest BCUT2D eigenvalue weighted by Crippen LogP contribution is -2.32. The van der Waals surface area contributed by atoms with Crippen LogP contribution in [0.3, 0.4) is 0 Å². The normalized spacial score (nSPS) is 32.0. The summed E-state index contributed by atoms with van der Waals surface area (Å²) >= 11 is 0. The van der Waals surface area contributed by atoms with Gasteiger partial charge in [0.25, 0.3) is 0 Å². The Bertz CT molecular complexity index is 589. The van der Waals surface area contributed by atoms with E-state index in [4.69, 9.17) is 4.74 Å². The molecule has 1 saturated carbocycles. The maximum Gasteiger partial charge on any atom is 0.573 e. The van der Waals surface area contributed by atoms with E-state index in [-0.39, 0.29) is 5.75 Å². The highest BCUT2D eigenvalue weighted by molar-refractivity contribution is 5.33. The van der Waals surface area contributed by atoms with E-state index in [1.807, 2.05) is 12.5 Å². The van der Waals surface area contributed by atoms with Gasteiger partial charge in [0.05, 0.1) is 6.10 Å². The molecule has 2 saturated heterocycles. The van der Waals surface area contributed by atoms with E-state index in [9.17, 15) is 13.2 Å². The second kappa shape index (κ2) is 6.80. The minimum absolute atomic E-state index is 0.153. The van der Waals surface area contributed by atoms with Crippen LogP contribution in [0, 0.1) is 24.2 Å². The monoisotopic (exact) mass is 354 g/mol. The Labute approximate surface area is 146 Å². The molecule has 0 spiro atoms. The minimum Gasteiger partial charge on any atom is -0.406 e. The van der Waals surface area contributed by atoms with Crippen molar-refractivity contribution in [3.8, 4) is 5.75 Å². The molecule has 25 heavy (non-hydrogen) atoms. The first kappa shape index (κ1) is 17.2. The van der Waals surface area contributed by atoms with Gasteiger partial charge in [0.2, 0.25) is 0 Å². The molecule has 1 aliphatic carbocycles. The maximum atomic E-state index is 12.3. The van der Waals surface area contributed by atoms with Gasteiger partial charge in [0, 0.05) is 26.2 Å². The first-order valence-corrected chi connectivity index (χ1v) is 9.01. The number of alkyl halides is 3. The van der Waals surface area contributed by atoms with Crippen molar-refractivity contribution in [2.24, 2.45) is 17.8 Å². The lowest BCUT2D eigenvalue weighted by Gasteiger charge is -2.22. The van der Waals surface area contributed by atoms with Crippen LogP contribution in [-0.4, -0.2) is 43.6 Å². The molecule has 6 heteroatoms. The standard InChI is InChI=1S/C19H23F3NO2/c20-19(21,22)25-14-4-1-3-13(9-14)6-7-16-17-11-23(12-18(16)17)10-15-5-2-8-24-15/h1,3-4,6,9,15-18H,2,5,7-8,10-12H2. The average molecular weight is 354 g/mol. The summed E-state index contributed by atoms with van der Waals surface area (Å²) in [5.41, 5.74) is 0.794. The number of halogens is 3. The van der Waals surface area contributed by atoms with Crippen LogP contribution < -0.4 is 4.74 Å². The third-order valence-corrected chi connectivity index (χ3v) is 5.65. The summed E-state index contributed by atoms with van der Waals surface area (Å²) < 4.78 is 46.5. The Balaban J connectivity index is 1.21. The van der Waals surface area contributed by atoms with Gasteiger partial charge in [-0.15, -0.1) is 13.2 Å². The van der Waals surface area contributed by atoms with Gasteiger partial charge in [-0.2, -0.15) is 0 Å². The lowest BCUT2D eigenvalue weighted by molar-refractivity contribution is -0.274. The smallest absolute Gasteiger partial charge is 0.406 e. The highest BCUT2D eigenvalue weighted by Crippen LogP contribution is 2.54. The molecule has 2 heterocycles. The number of likely N-dealkylation sites (tertiary alicyclic amines) is 1. The van der Waals surface area contributed by atoms with Crippen LogP contribution in [0.25, 0.3) is 0 Å². The third-order valence-electron chi connectivity index (χ3n) is 5.65. The van der Waals surface area contributed by atoms with Crippen LogP contribution in [0.1, 0.15) is 24.8 Å². The van der Waals surface area contributed by atoms with E-state index >= 15 is 0 Å². The molecule has 1 aromatic carbocycles. The molecular formula is C19H23F3NO2. The molecule has 0 N–H and O–H groups in total. The molecular weight excluding hydrogens is 331 g/mol. The maximum absolute atomic E-state index is 12.3. The largest absolute Gasteiger partial charge is 0.573 e. The van der Waals surface area contributed by atoms with Crippen molar-refractivity contribution < 1.29 is 22.6 Å². The van der Waals surface area contributed by atoms with E-state index in [0.717, 1.165) is 50.1 Å². The molecule has 0 amide bonds. The zero-order valence-corrected chi connectivity index (χ0v) is 14.0. The van der Waals surface area contributed by atoms with Crippen molar-refractivity contribution >= 4 is 0 Å². The summed E-state index contributed by atoms with van der Waals surface area (Å²) in [6.07, 6.45) is 1.10. The van der Waals surface area contributed by atoms with Gasteiger partial charge in [0.1, 0.15) is 5.75 Å². The molecule has 3 unspecified atom stereocenters. The summed E-state index contributed by atoms with van der Waals surface area (Å²) in [4.78, 5) is 2.51. The van der Waals surface area contributed by atoms with Crippen LogP contribution in [0.2, 0.25) is 0 Å². The van der Waals surface area contributed by atoms with Crippen LogP contribution in [0.5, 0.6) is 5.75 Å². The Hall–Kier alpha value is -1.27. The number of rotatable bonds is 6. The molecule has 0 aromatic heterocycles. The van der Waals surface area contributed by atoms with Gasteiger partial charge in [0.15, 0.2) is 0 Å². The summed E-state index contributed by atoms with van der Waals surface area (Å²) in [5, 5.41) is 0. The van der Waals surface area contributed by atoms with Crippen molar-refractivity contribution in [1.29, 1.82) is 0 Å². The van der Waals surface area contributed by atoms with Crippen molar-refractivity contribution in [3.05, 3.63) is 36.2 Å². The highest BCUT2D eigenvalue weighted by Gasteiger charge is 2.54. The number of ether oxygens (including phenoxy) is 2. The summed E-state index contributed by atoms with van der Waals surface area (Å²) in [6.45, 7) is 4.24. The van der Waals surface area contributed by atoms with Gasteiger partial charge in [-0.05, 0) is 61.1 Å². The van der Waals surface area contributed by atoms with Crippen molar-refractivity contribution in [2.75, 3.05) is 26.2 Å². The van der Waals surface area contributed by atoms with E-state index in [0.29, 0.717) is 12.0 Å². The fourth-order valence-corrected chi connectivity index (χ4v) is 4.42. The van der Waals surface area contributed by atoms with Crippen molar-refractivity contribution in [2.45, 2.75) is 31.7 Å². The number of hydrogen-bond donors (Lipinski definition) is 0. The molecule has 3 nitrogen and oxygen atoms in total.